The van der Waals surface area contributed by atoms with Gasteiger partial charge in [-0.15, -0.1) is 11.8 Å². The maximum Gasteiger partial charge on any atom is 0.234 e. The number of carbonyl (C=O) groups is 1. The summed E-state index contributed by atoms with van der Waals surface area (Å²) >= 11 is 1.58. The van der Waals surface area contributed by atoms with Gasteiger partial charge in [-0.2, -0.15) is 0 Å². The number of unbranched alkanes of at least 4 members (excludes halogenated alkanes) is 1. The number of hydrogen-bond donors (Lipinski definition) is 2. The molecule has 0 aliphatic carbocycles. The van der Waals surface area contributed by atoms with E-state index in [1.165, 1.54) is 5.56 Å². The van der Waals surface area contributed by atoms with Gasteiger partial charge in [0.05, 0.1) is 11.4 Å². The van der Waals surface area contributed by atoms with E-state index >= 15 is 0 Å². The van der Waals surface area contributed by atoms with Crippen LogP contribution in [0.4, 0.5) is 5.69 Å². The van der Waals surface area contributed by atoms with Crippen molar-refractivity contribution in [2.45, 2.75) is 24.2 Å². The topological polar surface area (TPSA) is 49.3 Å². The van der Waals surface area contributed by atoms with Gasteiger partial charge < -0.3 is 10.4 Å². The first-order valence-electron chi connectivity index (χ1n) is 5.46. The van der Waals surface area contributed by atoms with Crippen LogP contribution in [-0.2, 0) is 11.2 Å². The molecule has 2 rings (SSSR count). The number of thioether (sulfide) groups is 1. The first kappa shape index (κ1) is 11.5. The van der Waals surface area contributed by atoms with Crippen molar-refractivity contribution in [3.05, 3.63) is 23.8 Å². The zero-order chi connectivity index (χ0) is 11.4. The van der Waals surface area contributed by atoms with Crippen molar-refractivity contribution in [2.24, 2.45) is 0 Å². The van der Waals surface area contributed by atoms with Gasteiger partial charge in [-0.3, -0.25) is 4.79 Å². The lowest BCUT2D eigenvalue weighted by atomic mass is 10.1. The lowest BCUT2D eigenvalue weighted by molar-refractivity contribution is -0.113. The van der Waals surface area contributed by atoms with Crippen LogP contribution in [0.3, 0.4) is 0 Å². The number of carbonyl (C=O) groups excluding carboxylic acids is 1. The molecular formula is C12H15NO2S. The van der Waals surface area contributed by atoms with E-state index in [1.807, 2.05) is 6.07 Å². The summed E-state index contributed by atoms with van der Waals surface area (Å²) in [5.41, 5.74) is 2.15. The molecule has 0 bridgehead atoms. The highest BCUT2D eigenvalue weighted by Crippen LogP contribution is 2.32. The summed E-state index contributed by atoms with van der Waals surface area (Å²) in [5, 5.41) is 11.6. The number of anilines is 1. The van der Waals surface area contributed by atoms with E-state index in [0.717, 1.165) is 29.8 Å². The molecule has 1 aliphatic rings. The third-order valence-electron chi connectivity index (χ3n) is 2.55. The highest BCUT2D eigenvalue weighted by Gasteiger charge is 2.14. The molecule has 86 valence electrons. The number of aliphatic hydroxyl groups excluding tert-OH is 1. The number of nitrogens with one attached hydrogen (secondary N) is 1. The van der Waals surface area contributed by atoms with Crippen LogP contribution in [0, 0.1) is 0 Å². The molecule has 0 aromatic heterocycles. The molecule has 1 heterocycles. The fraction of sp³-hybridized carbons (Fsp3) is 0.417. The van der Waals surface area contributed by atoms with Crippen LogP contribution in [0.2, 0.25) is 0 Å². The Hall–Kier alpha value is -1.00. The van der Waals surface area contributed by atoms with Crippen molar-refractivity contribution in [2.75, 3.05) is 17.7 Å². The maximum absolute atomic E-state index is 11.2. The Labute approximate surface area is 99.2 Å². The Morgan fingerprint density at radius 1 is 1.38 bits per heavy atom. The minimum absolute atomic E-state index is 0.0741. The molecule has 0 unspecified atom stereocenters. The molecule has 4 heteroatoms. The average molecular weight is 237 g/mol. The fourth-order valence-electron chi connectivity index (χ4n) is 1.73. The standard InChI is InChI=1S/C12H15NO2S/c14-6-2-1-3-9-4-5-11-10(7-9)13-12(15)8-16-11/h4-5,7,14H,1-3,6,8H2,(H,13,15). The highest BCUT2D eigenvalue weighted by atomic mass is 32.2. The summed E-state index contributed by atoms with van der Waals surface area (Å²) in [5.74, 6) is 0.585. The second-order valence-corrected chi connectivity index (χ2v) is 4.87. The number of aliphatic hydroxyl groups is 1. The quantitative estimate of drug-likeness (QED) is 0.788. The lowest BCUT2D eigenvalue weighted by Crippen LogP contribution is -2.18. The van der Waals surface area contributed by atoms with Crippen LogP contribution < -0.4 is 5.32 Å². The normalized spacial score (nSPS) is 14.4. The van der Waals surface area contributed by atoms with E-state index in [4.69, 9.17) is 5.11 Å². The second kappa shape index (κ2) is 5.37. The van der Waals surface area contributed by atoms with Gasteiger partial charge in [-0.1, -0.05) is 6.07 Å². The van der Waals surface area contributed by atoms with Gasteiger partial charge in [0.25, 0.3) is 0 Å². The van der Waals surface area contributed by atoms with Gasteiger partial charge in [0.15, 0.2) is 0 Å². The van der Waals surface area contributed by atoms with E-state index in [1.54, 1.807) is 11.8 Å². The fourth-order valence-corrected chi connectivity index (χ4v) is 2.52. The summed E-state index contributed by atoms with van der Waals surface area (Å²) < 4.78 is 0. The van der Waals surface area contributed by atoms with Crippen LogP contribution in [0.5, 0.6) is 0 Å². The number of amides is 1. The summed E-state index contributed by atoms with van der Waals surface area (Å²) in [6, 6.07) is 6.20. The SMILES string of the molecule is O=C1CSc2ccc(CCCCO)cc2N1. The largest absolute Gasteiger partial charge is 0.396 e. The number of rotatable bonds is 4. The Morgan fingerprint density at radius 2 is 2.25 bits per heavy atom. The van der Waals surface area contributed by atoms with Gasteiger partial charge in [0, 0.05) is 11.5 Å². The van der Waals surface area contributed by atoms with Crippen molar-refractivity contribution in [1.29, 1.82) is 0 Å². The third kappa shape index (κ3) is 2.77. The molecule has 1 aliphatic heterocycles. The maximum atomic E-state index is 11.2. The van der Waals surface area contributed by atoms with Crippen LogP contribution in [0.25, 0.3) is 0 Å². The zero-order valence-corrected chi connectivity index (χ0v) is 9.85. The molecule has 0 saturated heterocycles. The molecule has 2 N–H and O–H groups in total. The van der Waals surface area contributed by atoms with Gasteiger partial charge in [0.1, 0.15) is 0 Å². The number of benzene rings is 1. The number of aryl methyl sites for hydroxylation is 1. The zero-order valence-electron chi connectivity index (χ0n) is 9.03. The summed E-state index contributed by atoms with van der Waals surface area (Å²) in [6.07, 6.45) is 2.77. The van der Waals surface area contributed by atoms with Gasteiger partial charge >= 0.3 is 0 Å². The monoisotopic (exact) mass is 237 g/mol. The molecule has 0 spiro atoms. The number of fused-ring (bicyclic) bond motifs is 1. The Bertz CT molecular complexity index is 393. The van der Waals surface area contributed by atoms with Crippen molar-refractivity contribution >= 4 is 23.4 Å². The van der Waals surface area contributed by atoms with E-state index in [9.17, 15) is 4.79 Å². The lowest BCUT2D eigenvalue weighted by Gasteiger charge is -2.17. The molecule has 0 atom stereocenters. The van der Waals surface area contributed by atoms with E-state index in [-0.39, 0.29) is 12.5 Å². The smallest absolute Gasteiger partial charge is 0.234 e. The van der Waals surface area contributed by atoms with E-state index < -0.39 is 0 Å². The molecule has 0 radical (unpaired) electrons. The molecule has 1 amide bonds. The van der Waals surface area contributed by atoms with Crippen LogP contribution in [-0.4, -0.2) is 23.4 Å². The van der Waals surface area contributed by atoms with Crippen molar-refractivity contribution in [3.8, 4) is 0 Å². The molecule has 16 heavy (non-hydrogen) atoms. The molecule has 0 fully saturated rings. The van der Waals surface area contributed by atoms with E-state index in [2.05, 4.69) is 17.4 Å². The Balaban J connectivity index is 2.06. The van der Waals surface area contributed by atoms with E-state index in [0.29, 0.717) is 5.75 Å². The number of hydrogen-bond acceptors (Lipinski definition) is 3. The third-order valence-corrected chi connectivity index (χ3v) is 3.62. The average Bonchev–Trinajstić information content (AvgIpc) is 2.29. The van der Waals surface area contributed by atoms with Crippen LogP contribution in [0.1, 0.15) is 18.4 Å². The molecule has 1 aromatic rings. The molecule has 1 aromatic carbocycles. The van der Waals surface area contributed by atoms with Crippen LogP contribution >= 0.6 is 11.8 Å². The summed E-state index contributed by atoms with van der Waals surface area (Å²) in [7, 11) is 0. The first-order valence-corrected chi connectivity index (χ1v) is 6.44. The van der Waals surface area contributed by atoms with Crippen LogP contribution in [0.15, 0.2) is 23.1 Å². The predicted molar refractivity (Wildman–Crippen MR) is 65.8 cm³/mol. The van der Waals surface area contributed by atoms with Crippen molar-refractivity contribution < 1.29 is 9.90 Å². The Kier molecular flexibility index (Phi) is 3.85. The van der Waals surface area contributed by atoms with Gasteiger partial charge in [0.2, 0.25) is 5.91 Å². The second-order valence-electron chi connectivity index (χ2n) is 3.85. The minimum Gasteiger partial charge on any atom is -0.396 e. The van der Waals surface area contributed by atoms with Crippen molar-refractivity contribution in [1.82, 2.24) is 0 Å². The van der Waals surface area contributed by atoms with Crippen molar-refractivity contribution in [3.63, 3.8) is 0 Å². The minimum atomic E-state index is 0.0741. The van der Waals surface area contributed by atoms with Gasteiger partial charge in [-0.25, -0.2) is 0 Å². The predicted octanol–water partition coefficient (Wildman–Crippen LogP) is 2.05. The first-order chi connectivity index (χ1) is 7.79. The van der Waals surface area contributed by atoms with Gasteiger partial charge in [-0.05, 0) is 37.0 Å². The molecule has 0 saturated carbocycles. The summed E-state index contributed by atoms with van der Waals surface area (Å²) in [6.45, 7) is 0.248. The molecular weight excluding hydrogens is 222 g/mol. The summed E-state index contributed by atoms with van der Waals surface area (Å²) in [4.78, 5) is 12.4. The molecule has 3 nitrogen and oxygen atoms in total. The highest BCUT2D eigenvalue weighted by molar-refractivity contribution is 8.00. The Morgan fingerprint density at radius 3 is 3.06 bits per heavy atom.